The Balaban J connectivity index is 2.40. The highest BCUT2D eigenvalue weighted by Gasteiger charge is 2.21. The Morgan fingerprint density at radius 3 is 2.57 bits per heavy atom. The smallest absolute Gasteiger partial charge is 0.352 e. The van der Waals surface area contributed by atoms with Gasteiger partial charge in [-0.1, -0.05) is 23.2 Å². The molecule has 0 atom stereocenters. The summed E-state index contributed by atoms with van der Waals surface area (Å²) in [6, 6.07) is 2.45. The number of aryl methyl sites for hydroxylation is 1. The lowest BCUT2D eigenvalue weighted by Crippen LogP contribution is -2.14. The SMILES string of the molecule is Cc1cc(Cl)nc(Cl)c1NS(=O)(=O)c1c[nH]c(C(=O)O)c1. The molecule has 0 spiro atoms. The highest BCUT2D eigenvalue weighted by molar-refractivity contribution is 7.92. The van der Waals surface area contributed by atoms with E-state index in [-0.39, 0.29) is 26.6 Å². The first-order chi connectivity index (χ1) is 9.70. The van der Waals surface area contributed by atoms with Crippen molar-refractivity contribution in [3.63, 3.8) is 0 Å². The number of hydrogen-bond donors (Lipinski definition) is 3. The Kier molecular flexibility index (Phi) is 4.13. The van der Waals surface area contributed by atoms with Crippen molar-refractivity contribution in [2.24, 2.45) is 0 Å². The molecule has 7 nitrogen and oxygen atoms in total. The van der Waals surface area contributed by atoms with E-state index < -0.39 is 16.0 Å². The summed E-state index contributed by atoms with van der Waals surface area (Å²) in [4.78, 5) is 16.6. The zero-order valence-corrected chi connectivity index (χ0v) is 12.8. The number of hydrogen-bond acceptors (Lipinski definition) is 4. The Labute approximate surface area is 130 Å². The topological polar surface area (TPSA) is 112 Å². The molecule has 0 bridgehead atoms. The zero-order valence-electron chi connectivity index (χ0n) is 10.5. The monoisotopic (exact) mass is 349 g/mol. The van der Waals surface area contributed by atoms with Gasteiger partial charge in [0.25, 0.3) is 10.0 Å². The number of nitrogens with zero attached hydrogens (tertiary/aromatic N) is 1. The number of pyridine rings is 1. The number of carbonyl (C=O) groups is 1. The standard InChI is InChI=1S/C11H9Cl2N3O4S/c1-5-2-8(12)15-10(13)9(5)16-21(19,20)6-3-7(11(17)18)14-4-6/h2-4,14,16H,1H3,(H,17,18). The van der Waals surface area contributed by atoms with Crippen LogP contribution in [0.4, 0.5) is 5.69 Å². The molecule has 112 valence electrons. The number of nitrogens with one attached hydrogen (secondary N) is 2. The van der Waals surface area contributed by atoms with Crippen LogP contribution in [0.25, 0.3) is 0 Å². The summed E-state index contributed by atoms with van der Waals surface area (Å²) in [5.41, 5.74) is 0.323. The van der Waals surface area contributed by atoms with Gasteiger partial charge < -0.3 is 10.1 Å². The quantitative estimate of drug-likeness (QED) is 0.734. The zero-order chi connectivity index (χ0) is 15.8. The van der Waals surface area contributed by atoms with Crippen LogP contribution in [-0.2, 0) is 10.0 Å². The van der Waals surface area contributed by atoms with Crippen LogP contribution in [0.15, 0.2) is 23.2 Å². The van der Waals surface area contributed by atoms with Gasteiger partial charge in [-0.3, -0.25) is 4.72 Å². The molecule has 2 aromatic heterocycles. The number of rotatable bonds is 4. The second-order valence-electron chi connectivity index (χ2n) is 4.09. The van der Waals surface area contributed by atoms with Crippen LogP contribution in [0.3, 0.4) is 0 Å². The van der Waals surface area contributed by atoms with Gasteiger partial charge in [-0.2, -0.15) is 0 Å². The van der Waals surface area contributed by atoms with E-state index in [2.05, 4.69) is 14.7 Å². The van der Waals surface area contributed by atoms with Gasteiger partial charge in [0.15, 0.2) is 5.15 Å². The van der Waals surface area contributed by atoms with Crippen LogP contribution in [0.5, 0.6) is 0 Å². The molecule has 2 rings (SSSR count). The number of anilines is 1. The normalized spacial score (nSPS) is 11.4. The molecule has 21 heavy (non-hydrogen) atoms. The maximum atomic E-state index is 12.2. The summed E-state index contributed by atoms with van der Waals surface area (Å²) in [6.45, 7) is 1.61. The molecular formula is C11H9Cl2N3O4S. The first kappa shape index (κ1) is 15.6. The molecular weight excluding hydrogens is 341 g/mol. The lowest BCUT2D eigenvalue weighted by Gasteiger charge is -2.10. The maximum absolute atomic E-state index is 12.2. The number of carboxylic acid groups (broad SMARTS) is 1. The number of carboxylic acids is 1. The summed E-state index contributed by atoms with van der Waals surface area (Å²) in [6.07, 6.45) is 1.07. The van der Waals surface area contributed by atoms with Gasteiger partial charge in [0, 0.05) is 6.20 Å². The fourth-order valence-corrected chi connectivity index (χ4v) is 3.33. The van der Waals surface area contributed by atoms with Gasteiger partial charge in [-0.15, -0.1) is 0 Å². The van der Waals surface area contributed by atoms with Crippen molar-refractivity contribution in [3.05, 3.63) is 39.9 Å². The molecule has 0 fully saturated rings. The molecule has 0 aliphatic rings. The van der Waals surface area contributed by atoms with Crippen molar-refractivity contribution in [3.8, 4) is 0 Å². The van der Waals surface area contributed by atoms with E-state index in [9.17, 15) is 13.2 Å². The van der Waals surface area contributed by atoms with Gasteiger partial charge in [0.05, 0.1) is 5.69 Å². The van der Waals surface area contributed by atoms with Crippen LogP contribution in [-0.4, -0.2) is 29.5 Å². The first-order valence-corrected chi connectivity index (χ1v) is 7.72. The van der Waals surface area contributed by atoms with Crippen molar-refractivity contribution >= 4 is 44.9 Å². The van der Waals surface area contributed by atoms with Gasteiger partial charge in [-0.25, -0.2) is 18.2 Å². The van der Waals surface area contributed by atoms with Gasteiger partial charge in [0.2, 0.25) is 0 Å². The summed E-state index contributed by atoms with van der Waals surface area (Å²) < 4.78 is 26.6. The summed E-state index contributed by atoms with van der Waals surface area (Å²) in [5.74, 6) is -1.26. The third-order valence-corrected chi connectivity index (χ3v) is 4.37. The second-order valence-corrected chi connectivity index (χ2v) is 6.52. The molecule has 2 heterocycles. The van der Waals surface area contributed by atoms with Crippen LogP contribution >= 0.6 is 23.2 Å². The third-order valence-electron chi connectivity index (χ3n) is 2.57. The average molecular weight is 350 g/mol. The molecule has 0 saturated heterocycles. The highest BCUT2D eigenvalue weighted by Crippen LogP contribution is 2.28. The number of H-pyrrole nitrogens is 1. The van der Waals surface area contributed by atoms with Crippen LogP contribution in [0.1, 0.15) is 16.1 Å². The molecule has 10 heteroatoms. The molecule has 0 aromatic carbocycles. The van der Waals surface area contributed by atoms with Crippen molar-refractivity contribution in [1.82, 2.24) is 9.97 Å². The van der Waals surface area contributed by atoms with Crippen LogP contribution < -0.4 is 4.72 Å². The summed E-state index contributed by atoms with van der Waals surface area (Å²) >= 11 is 11.6. The fraction of sp³-hybridized carbons (Fsp3) is 0.0909. The van der Waals surface area contributed by atoms with Crippen LogP contribution in [0, 0.1) is 6.92 Å². The Morgan fingerprint density at radius 2 is 2.05 bits per heavy atom. The number of aromatic nitrogens is 2. The Morgan fingerprint density at radius 1 is 1.38 bits per heavy atom. The minimum atomic E-state index is -4.00. The van der Waals surface area contributed by atoms with Crippen molar-refractivity contribution < 1.29 is 18.3 Å². The average Bonchev–Trinajstić information content (AvgIpc) is 2.84. The van der Waals surface area contributed by atoms with Gasteiger partial charge >= 0.3 is 5.97 Å². The summed E-state index contributed by atoms with van der Waals surface area (Å²) in [7, 11) is -4.00. The van der Waals surface area contributed by atoms with Crippen LogP contribution in [0.2, 0.25) is 10.3 Å². The molecule has 0 aliphatic carbocycles. The number of halogens is 2. The third kappa shape index (κ3) is 3.29. The van der Waals surface area contributed by atoms with Crippen molar-refractivity contribution in [1.29, 1.82) is 0 Å². The van der Waals surface area contributed by atoms with E-state index >= 15 is 0 Å². The number of sulfonamides is 1. The van der Waals surface area contributed by atoms with E-state index in [4.69, 9.17) is 28.3 Å². The molecule has 0 aliphatic heterocycles. The first-order valence-electron chi connectivity index (χ1n) is 5.48. The number of aromatic carboxylic acids is 1. The predicted molar refractivity (Wildman–Crippen MR) is 77.6 cm³/mol. The maximum Gasteiger partial charge on any atom is 0.352 e. The molecule has 0 radical (unpaired) electrons. The minimum absolute atomic E-state index is 0.0825. The van der Waals surface area contributed by atoms with E-state index in [0.717, 1.165) is 12.3 Å². The Bertz CT molecular complexity index is 794. The van der Waals surface area contributed by atoms with E-state index in [1.54, 1.807) is 6.92 Å². The number of aromatic amines is 1. The van der Waals surface area contributed by atoms with Crippen molar-refractivity contribution in [2.75, 3.05) is 4.72 Å². The largest absolute Gasteiger partial charge is 0.477 e. The molecule has 2 aromatic rings. The van der Waals surface area contributed by atoms with Gasteiger partial charge in [-0.05, 0) is 24.6 Å². The molecule has 3 N–H and O–H groups in total. The fourth-order valence-electron chi connectivity index (χ4n) is 1.56. The highest BCUT2D eigenvalue weighted by atomic mass is 35.5. The minimum Gasteiger partial charge on any atom is -0.477 e. The van der Waals surface area contributed by atoms with E-state index in [1.807, 2.05) is 0 Å². The van der Waals surface area contributed by atoms with E-state index in [1.165, 1.54) is 6.07 Å². The lowest BCUT2D eigenvalue weighted by atomic mass is 10.3. The van der Waals surface area contributed by atoms with E-state index in [0.29, 0.717) is 5.56 Å². The molecule has 0 unspecified atom stereocenters. The second kappa shape index (κ2) is 5.55. The predicted octanol–water partition coefficient (Wildman–Crippen LogP) is 2.52. The summed E-state index contributed by atoms with van der Waals surface area (Å²) in [5, 5.41) is 8.82. The van der Waals surface area contributed by atoms with Gasteiger partial charge in [0.1, 0.15) is 15.7 Å². The molecule has 0 saturated carbocycles. The Hall–Kier alpha value is -1.77. The lowest BCUT2D eigenvalue weighted by molar-refractivity contribution is 0.0691. The van der Waals surface area contributed by atoms with Crippen molar-refractivity contribution in [2.45, 2.75) is 11.8 Å². The molecule has 0 amide bonds.